The molecular weight excluding hydrogens is 364 g/mol. The smallest absolute Gasteiger partial charge is 0.251 e. The molecule has 0 spiro atoms. The van der Waals surface area contributed by atoms with Crippen LogP contribution in [0.4, 0.5) is 5.69 Å². The van der Waals surface area contributed by atoms with Crippen molar-refractivity contribution in [3.63, 3.8) is 0 Å². The number of H-pyrrole nitrogens is 1. The molecular formula is C23H26N4O2. The van der Waals surface area contributed by atoms with Gasteiger partial charge in [-0.1, -0.05) is 39.0 Å². The first-order valence-corrected chi connectivity index (χ1v) is 10.1. The Bertz CT molecular complexity index is 1020. The van der Waals surface area contributed by atoms with Crippen LogP contribution < -0.4 is 10.6 Å². The molecule has 1 aliphatic carbocycles. The molecule has 6 nitrogen and oxygen atoms in total. The molecule has 150 valence electrons. The number of benzene rings is 2. The average molecular weight is 390 g/mol. The van der Waals surface area contributed by atoms with Crippen LogP contribution in [-0.2, 0) is 4.79 Å². The minimum atomic E-state index is -0.250. The molecule has 1 heterocycles. The van der Waals surface area contributed by atoms with Crippen molar-refractivity contribution in [2.75, 3.05) is 5.32 Å². The molecule has 1 fully saturated rings. The van der Waals surface area contributed by atoms with Crippen LogP contribution in [0.1, 0.15) is 49.4 Å². The number of nitrogens with one attached hydrogen (secondary N) is 3. The average Bonchev–Trinajstić information content (AvgIpc) is 3.28. The summed E-state index contributed by atoms with van der Waals surface area (Å²) in [5, 5.41) is 6.00. The highest BCUT2D eigenvalue weighted by atomic mass is 16.2. The number of aromatic amines is 1. The van der Waals surface area contributed by atoms with Crippen LogP contribution in [-0.4, -0.2) is 21.8 Å². The molecule has 1 saturated carbocycles. The highest BCUT2D eigenvalue weighted by molar-refractivity contribution is 5.98. The summed E-state index contributed by atoms with van der Waals surface area (Å²) in [5.41, 5.74) is 2.97. The zero-order valence-corrected chi connectivity index (χ0v) is 16.9. The van der Waals surface area contributed by atoms with Gasteiger partial charge in [-0.25, -0.2) is 4.98 Å². The number of amides is 2. The monoisotopic (exact) mass is 390 g/mol. The number of hydrogen-bond acceptors (Lipinski definition) is 3. The van der Waals surface area contributed by atoms with E-state index in [-0.39, 0.29) is 29.7 Å². The molecule has 6 heteroatoms. The SMILES string of the molecule is CC(C)[C@H](NC(=O)c1cccc(NC(=O)[C@H]2C[C@H]2C)c1)c1nc2ccccc2[nH]1. The lowest BCUT2D eigenvalue weighted by molar-refractivity contribution is -0.117. The molecule has 3 atom stereocenters. The van der Waals surface area contributed by atoms with Crippen molar-refractivity contribution in [2.24, 2.45) is 17.8 Å². The van der Waals surface area contributed by atoms with E-state index in [1.54, 1.807) is 24.3 Å². The Labute approximate surface area is 170 Å². The van der Waals surface area contributed by atoms with E-state index >= 15 is 0 Å². The lowest BCUT2D eigenvalue weighted by Gasteiger charge is -2.20. The second-order valence-corrected chi connectivity index (χ2v) is 8.22. The fourth-order valence-electron chi connectivity index (χ4n) is 3.56. The molecule has 2 aromatic carbocycles. The Balaban J connectivity index is 1.50. The first-order chi connectivity index (χ1) is 13.9. The van der Waals surface area contributed by atoms with E-state index in [1.165, 1.54) is 0 Å². The maximum atomic E-state index is 12.9. The molecule has 0 saturated heterocycles. The number of fused-ring (bicyclic) bond motifs is 1. The molecule has 1 aromatic heterocycles. The largest absolute Gasteiger partial charge is 0.342 e. The number of carbonyl (C=O) groups is 2. The zero-order valence-electron chi connectivity index (χ0n) is 16.9. The Morgan fingerprint density at radius 3 is 2.59 bits per heavy atom. The van der Waals surface area contributed by atoms with Crippen LogP contribution in [0.3, 0.4) is 0 Å². The van der Waals surface area contributed by atoms with Gasteiger partial charge < -0.3 is 15.6 Å². The summed E-state index contributed by atoms with van der Waals surface area (Å²) >= 11 is 0. The predicted octanol–water partition coefficient (Wildman–Crippen LogP) is 4.28. The topological polar surface area (TPSA) is 86.9 Å². The minimum absolute atomic E-state index is 0.0254. The molecule has 2 amide bonds. The van der Waals surface area contributed by atoms with E-state index in [1.807, 2.05) is 38.1 Å². The van der Waals surface area contributed by atoms with Crippen LogP contribution in [0.15, 0.2) is 48.5 Å². The molecule has 3 aromatic rings. The van der Waals surface area contributed by atoms with Crippen LogP contribution in [0.2, 0.25) is 0 Å². The molecule has 0 bridgehead atoms. The van der Waals surface area contributed by atoms with E-state index in [2.05, 4.69) is 27.5 Å². The summed E-state index contributed by atoms with van der Waals surface area (Å²) in [6.07, 6.45) is 0.930. The number of hydrogen-bond donors (Lipinski definition) is 3. The summed E-state index contributed by atoms with van der Waals surface area (Å²) < 4.78 is 0. The number of rotatable bonds is 6. The van der Waals surface area contributed by atoms with E-state index in [9.17, 15) is 9.59 Å². The Hall–Kier alpha value is -3.15. The van der Waals surface area contributed by atoms with Crippen molar-refractivity contribution in [1.82, 2.24) is 15.3 Å². The van der Waals surface area contributed by atoms with E-state index in [0.29, 0.717) is 17.2 Å². The third-order valence-corrected chi connectivity index (χ3v) is 5.49. The van der Waals surface area contributed by atoms with Crippen LogP contribution in [0.5, 0.6) is 0 Å². The predicted molar refractivity (Wildman–Crippen MR) is 113 cm³/mol. The Morgan fingerprint density at radius 2 is 1.90 bits per heavy atom. The maximum absolute atomic E-state index is 12.9. The van der Waals surface area contributed by atoms with Gasteiger partial charge in [0.15, 0.2) is 0 Å². The summed E-state index contributed by atoms with van der Waals surface area (Å²) in [4.78, 5) is 33.1. The molecule has 3 N–H and O–H groups in total. The van der Waals surface area contributed by atoms with Crippen LogP contribution >= 0.6 is 0 Å². The number of imidazole rings is 1. The maximum Gasteiger partial charge on any atom is 0.251 e. The fourth-order valence-corrected chi connectivity index (χ4v) is 3.56. The van der Waals surface area contributed by atoms with E-state index < -0.39 is 0 Å². The molecule has 0 unspecified atom stereocenters. The Morgan fingerprint density at radius 1 is 1.14 bits per heavy atom. The highest BCUT2D eigenvalue weighted by Gasteiger charge is 2.39. The zero-order chi connectivity index (χ0) is 20.5. The standard InChI is InChI=1S/C23H26N4O2/c1-13(2)20(21-25-18-9-4-5-10-19(18)26-21)27-22(28)15-7-6-8-16(12-15)24-23(29)17-11-14(17)3/h4-10,12-14,17,20H,11H2,1-3H3,(H,24,29)(H,25,26)(H,27,28)/t14-,17+,20+/m1/s1. The number of anilines is 1. The number of para-hydroxylation sites is 2. The summed E-state index contributed by atoms with van der Waals surface area (Å²) in [6.45, 7) is 6.16. The second-order valence-electron chi connectivity index (χ2n) is 8.22. The van der Waals surface area contributed by atoms with Gasteiger partial charge in [0.1, 0.15) is 5.82 Å². The van der Waals surface area contributed by atoms with Gasteiger partial charge in [-0.15, -0.1) is 0 Å². The third kappa shape index (κ3) is 4.16. The van der Waals surface area contributed by atoms with Gasteiger partial charge in [0, 0.05) is 17.2 Å². The van der Waals surface area contributed by atoms with Crippen molar-refractivity contribution >= 4 is 28.5 Å². The molecule has 0 radical (unpaired) electrons. The van der Waals surface area contributed by atoms with E-state index in [0.717, 1.165) is 23.3 Å². The molecule has 0 aliphatic heterocycles. The van der Waals surface area contributed by atoms with Gasteiger partial charge in [0.2, 0.25) is 5.91 Å². The van der Waals surface area contributed by atoms with Gasteiger partial charge in [-0.05, 0) is 48.6 Å². The molecule has 1 aliphatic rings. The summed E-state index contributed by atoms with van der Waals surface area (Å²) in [6, 6.07) is 14.6. The number of nitrogens with zero attached hydrogens (tertiary/aromatic N) is 1. The van der Waals surface area contributed by atoms with Gasteiger partial charge in [-0.3, -0.25) is 9.59 Å². The van der Waals surface area contributed by atoms with Crippen molar-refractivity contribution in [3.05, 3.63) is 59.9 Å². The fraction of sp³-hybridized carbons (Fsp3) is 0.348. The highest BCUT2D eigenvalue weighted by Crippen LogP contribution is 2.38. The Kier molecular flexibility index (Phi) is 5.09. The molecule has 4 rings (SSSR count). The normalized spacial score (nSPS) is 19.2. The number of carbonyl (C=O) groups excluding carboxylic acids is 2. The summed E-state index contributed by atoms with van der Waals surface area (Å²) in [7, 11) is 0. The van der Waals surface area contributed by atoms with Crippen molar-refractivity contribution in [1.29, 1.82) is 0 Å². The minimum Gasteiger partial charge on any atom is -0.342 e. The second kappa shape index (κ2) is 7.70. The van der Waals surface area contributed by atoms with Crippen molar-refractivity contribution in [2.45, 2.75) is 33.2 Å². The first-order valence-electron chi connectivity index (χ1n) is 10.1. The van der Waals surface area contributed by atoms with Crippen molar-refractivity contribution in [3.8, 4) is 0 Å². The lowest BCUT2D eigenvalue weighted by Crippen LogP contribution is -2.32. The van der Waals surface area contributed by atoms with Gasteiger partial charge >= 0.3 is 0 Å². The van der Waals surface area contributed by atoms with Crippen molar-refractivity contribution < 1.29 is 9.59 Å². The van der Waals surface area contributed by atoms with E-state index in [4.69, 9.17) is 0 Å². The lowest BCUT2D eigenvalue weighted by atomic mass is 10.0. The van der Waals surface area contributed by atoms with Crippen LogP contribution in [0.25, 0.3) is 11.0 Å². The first kappa shape index (κ1) is 19.2. The van der Waals surface area contributed by atoms with Gasteiger partial charge in [0.05, 0.1) is 17.1 Å². The third-order valence-electron chi connectivity index (χ3n) is 5.49. The van der Waals surface area contributed by atoms with Gasteiger partial charge in [-0.2, -0.15) is 0 Å². The van der Waals surface area contributed by atoms with Crippen LogP contribution in [0, 0.1) is 17.8 Å². The number of aromatic nitrogens is 2. The quantitative estimate of drug-likeness (QED) is 0.587. The van der Waals surface area contributed by atoms with Gasteiger partial charge in [0.25, 0.3) is 5.91 Å². The molecule has 29 heavy (non-hydrogen) atoms. The summed E-state index contributed by atoms with van der Waals surface area (Å²) in [5.74, 6) is 1.25.